The molecule has 212 valence electrons. The van der Waals surface area contributed by atoms with E-state index in [4.69, 9.17) is 5.73 Å². The molecule has 3 atom stereocenters. The largest absolute Gasteiger partial charge is 0.361 e. The number of piperidine rings is 1. The number of aromatic nitrogens is 1. The summed E-state index contributed by atoms with van der Waals surface area (Å²) in [7, 11) is 1.60. The number of halogens is 2. The SMILES string of the molecule is CN1N=C2CN[C@H](C(=O)[C@@H](Cc3c[nH]c4ccccc34)NC(=O)C(C)(C)N)C[C@]2(Cc2ccc(F)cc2)C1=O.Cl. The summed E-state index contributed by atoms with van der Waals surface area (Å²) in [5.41, 5.74) is 7.05. The summed E-state index contributed by atoms with van der Waals surface area (Å²) in [6, 6.07) is 12.2. The molecule has 0 unspecified atom stereocenters. The Hall–Kier alpha value is -3.60. The average Bonchev–Trinajstić information content (AvgIpc) is 3.42. The Labute approximate surface area is 238 Å². The Bertz CT molecular complexity index is 1460. The van der Waals surface area contributed by atoms with Crippen LogP contribution in [0.5, 0.6) is 0 Å². The Balaban J connectivity index is 0.00000370. The van der Waals surface area contributed by atoms with E-state index in [1.165, 1.54) is 17.1 Å². The highest BCUT2D eigenvalue weighted by Gasteiger charge is 2.54. The van der Waals surface area contributed by atoms with Crippen molar-refractivity contribution >= 4 is 46.6 Å². The number of ketones is 1. The number of hydrogen-bond donors (Lipinski definition) is 4. The minimum Gasteiger partial charge on any atom is -0.361 e. The zero-order valence-electron chi connectivity index (χ0n) is 22.7. The predicted molar refractivity (Wildman–Crippen MR) is 154 cm³/mol. The van der Waals surface area contributed by atoms with E-state index in [1.807, 2.05) is 30.5 Å². The minimum absolute atomic E-state index is 0. The first-order valence-electron chi connectivity index (χ1n) is 13.0. The molecule has 11 heteroatoms. The van der Waals surface area contributed by atoms with Crippen molar-refractivity contribution in [2.45, 2.75) is 50.7 Å². The molecule has 5 rings (SSSR count). The van der Waals surface area contributed by atoms with Crippen LogP contribution in [0.2, 0.25) is 0 Å². The number of Topliss-reactive ketones (excluding diaryl/α,β-unsaturated/α-hetero) is 1. The van der Waals surface area contributed by atoms with Crippen LogP contribution in [0.4, 0.5) is 4.39 Å². The Morgan fingerprint density at radius 3 is 2.62 bits per heavy atom. The number of hydrogen-bond acceptors (Lipinski definition) is 6. The number of H-pyrrole nitrogens is 1. The summed E-state index contributed by atoms with van der Waals surface area (Å²) in [5, 5.41) is 12.9. The highest BCUT2D eigenvalue weighted by atomic mass is 35.5. The fourth-order valence-electron chi connectivity index (χ4n) is 5.54. The highest BCUT2D eigenvalue weighted by Crippen LogP contribution is 2.40. The van der Waals surface area contributed by atoms with E-state index in [0.29, 0.717) is 5.71 Å². The van der Waals surface area contributed by atoms with Gasteiger partial charge in [0.15, 0.2) is 5.78 Å². The van der Waals surface area contributed by atoms with Crippen LogP contribution in [0.25, 0.3) is 10.9 Å². The van der Waals surface area contributed by atoms with Gasteiger partial charge in [-0.25, -0.2) is 9.40 Å². The van der Waals surface area contributed by atoms with Gasteiger partial charge >= 0.3 is 0 Å². The van der Waals surface area contributed by atoms with Gasteiger partial charge in [-0.2, -0.15) is 5.10 Å². The van der Waals surface area contributed by atoms with Crippen LogP contribution < -0.4 is 16.4 Å². The molecule has 2 aliphatic rings. The number of nitrogens with two attached hydrogens (primary N) is 1. The number of nitrogens with zero attached hydrogens (tertiary/aromatic N) is 2. The van der Waals surface area contributed by atoms with Crippen LogP contribution in [0.3, 0.4) is 0 Å². The standard InChI is InChI=1S/C29H33FN6O3.ClH/c1-28(2,31)26(38)34-22(12-18-15-32-21-7-5-4-6-20(18)21)25(37)23-14-29(13-17-8-10-19(30)11-9-17)24(16-33-23)35-36(3)27(29)39;/h4-11,15,22-23,32-33H,12-14,16,31H2,1-3H3,(H,34,38);1H/t22-,23+,29+;/m1./s1. The molecule has 40 heavy (non-hydrogen) atoms. The summed E-state index contributed by atoms with van der Waals surface area (Å²) in [5.74, 6) is -1.26. The summed E-state index contributed by atoms with van der Waals surface area (Å²) in [6.45, 7) is 3.41. The lowest BCUT2D eigenvalue weighted by Gasteiger charge is -2.38. The molecule has 1 aromatic heterocycles. The van der Waals surface area contributed by atoms with Crippen molar-refractivity contribution < 1.29 is 18.8 Å². The third kappa shape index (κ3) is 5.52. The zero-order chi connectivity index (χ0) is 27.9. The maximum Gasteiger partial charge on any atom is 0.254 e. The molecule has 1 fully saturated rings. The lowest BCUT2D eigenvalue weighted by atomic mass is 9.69. The van der Waals surface area contributed by atoms with Crippen LogP contribution in [-0.2, 0) is 27.2 Å². The second kappa shape index (κ2) is 11.1. The molecule has 3 aromatic rings. The fourth-order valence-corrected chi connectivity index (χ4v) is 5.54. The molecular weight excluding hydrogens is 535 g/mol. The van der Waals surface area contributed by atoms with Gasteiger partial charge in [0.25, 0.3) is 5.91 Å². The maximum atomic E-state index is 14.1. The molecule has 9 nitrogen and oxygen atoms in total. The van der Waals surface area contributed by atoms with Crippen LogP contribution in [0.15, 0.2) is 59.8 Å². The van der Waals surface area contributed by atoms with Crippen LogP contribution in [0.1, 0.15) is 31.4 Å². The van der Waals surface area contributed by atoms with Crippen molar-refractivity contribution in [1.29, 1.82) is 0 Å². The van der Waals surface area contributed by atoms with Gasteiger partial charge in [-0.1, -0.05) is 30.3 Å². The number of aromatic amines is 1. The smallest absolute Gasteiger partial charge is 0.254 e. The first-order valence-corrected chi connectivity index (χ1v) is 13.0. The van der Waals surface area contributed by atoms with Crippen molar-refractivity contribution in [3.63, 3.8) is 0 Å². The zero-order valence-corrected chi connectivity index (χ0v) is 23.5. The van der Waals surface area contributed by atoms with E-state index in [9.17, 15) is 18.8 Å². The van der Waals surface area contributed by atoms with Crippen molar-refractivity contribution in [3.05, 3.63) is 71.7 Å². The van der Waals surface area contributed by atoms with E-state index in [1.54, 1.807) is 33.0 Å². The molecule has 5 N–H and O–H groups in total. The third-order valence-corrected chi connectivity index (χ3v) is 7.69. The van der Waals surface area contributed by atoms with Gasteiger partial charge in [-0.15, -0.1) is 12.4 Å². The number of rotatable bonds is 8. The second-order valence-electron chi connectivity index (χ2n) is 11.1. The number of carbonyl (C=O) groups excluding carboxylic acids is 3. The molecule has 2 aliphatic heterocycles. The lowest BCUT2D eigenvalue weighted by molar-refractivity contribution is -0.137. The monoisotopic (exact) mass is 568 g/mol. The summed E-state index contributed by atoms with van der Waals surface area (Å²) >= 11 is 0. The number of fused-ring (bicyclic) bond motifs is 2. The molecule has 3 heterocycles. The fraction of sp³-hybridized carbons (Fsp3) is 0.379. The first kappa shape index (κ1) is 29.4. The quantitative estimate of drug-likeness (QED) is 0.331. The number of amides is 2. The van der Waals surface area contributed by atoms with E-state index >= 15 is 0 Å². The van der Waals surface area contributed by atoms with E-state index in [-0.39, 0.29) is 55.7 Å². The second-order valence-corrected chi connectivity index (χ2v) is 11.1. The van der Waals surface area contributed by atoms with Gasteiger partial charge < -0.3 is 21.4 Å². The van der Waals surface area contributed by atoms with Crippen LogP contribution in [-0.4, -0.2) is 64.5 Å². The molecule has 0 aliphatic carbocycles. The minimum atomic E-state index is -1.19. The molecule has 2 amide bonds. The van der Waals surface area contributed by atoms with Crippen molar-refractivity contribution in [1.82, 2.24) is 20.6 Å². The van der Waals surface area contributed by atoms with Gasteiger partial charge in [0.1, 0.15) is 5.82 Å². The topological polar surface area (TPSA) is 133 Å². The summed E-state index contributed by atoms with van der Waals surface area (Å²) in [4.78, 5) is 43.7. The molecular formula is C29H34ClFN6O3. The molecule has 0 radical (unpaired) electrons. The van der Waals surface area contributed by atoms with Crippen LogP contribution in [0, 0.1) is 11.2 Å². The molecule has 0 spiro atoms. The van der Waals surface area contributed by atoms with Gasteiger partial charge in [-0.05, 0) is 56.0 Å². The number of hydrazone groups is 1. The number of carbonyl (C=O) groups is 3. The van der Waals surface area contributed by atoms with Gasteiger partial charge in [-0.3, -0.25) is 14.4 Å². The third-order valence-electron chi connectivity index (χ3n) is 7.69. The van der Waals surface area contributed by atoms with E-state index < -0.39 is 28.9 Å². The number of benzene rings is 2. The van der Waals surface area contributed by atoms with Crippen molar-refractivity contribution in [3.8, 4) is 0 Å². The number of para-hydroxylation sites is 1. The van der Waals surface area contributed by atoms with Crippen LogP contribution >= 0.6 is 12.4 Å². The predicted octanol–water partition coefficient (Wildman–Crippen LogP) is 2.48. The highest BCUT2D eigenvalue weighted by molar-refractivity contribution is 6.14. The van der Waals surface area contributed by atoms with E-state index in [0.717, 1.165) is 22.0 Å². The first-order chi connectivity index (χ1) is 18.5. The summed E-state index contributed by atoms with van der Waals surface area (Å²) < 4.78 is 13.6. The summed E-state index contributed by atoms with van der Waals surface area (Å²) in [6.07, 6.45) is 2.55. The van der Waals surface area contributed by atoms with Gasteiger partial charge in [0.05, 0.1) is 28.7 Å². The lowest BCUT2D eigenvalue weighted by Crippen LogP contribution is -2.61. The molecule has 0 bridgehead atoms. The van der Waals surface area contributed by atoms with Crippen molar-refractivity contribution in [2.24, 2.45) is 16.3 Å². The van der Waals surface area contributed by atoms with Crippen molar-refractivity contribution in [2.75, 3.05) is 13.6 Å². The Kier molecular flexibility index (Phi) is 8.16. The Morgan fingerprint density at radius 1 is 1.23 bits per heavy atom. The molecule has 0 saturated carbocycles. The van der Waals surface area contributed by atoms with Gasteiger partial charge in [0.2, 0.25) is 5.91 Å². The normalized spacial score (nSPS) is 21.4. The molecule has 2 aromatic carbocycles. The van der Waals surface area contributed by atoms with E-state index in [2.05, 4.69) is 20.7 Å². The number of nitrogens with one attached hydrogen (secondary N) is 3. The maximum absolute atomic E-state index is 14.1. The van der Waals surface area contributed by atoms with Gasteiger partial charge in [0, 0.05) is 37.1 Å². The average molecular weight is 569 g/mol. The Morgan fingerprint density at radius 2 is 1.93 bits per heavy atom. The molecule has 1 saturated heterocycles.